The SMILES string of the molecule is C=CC(=O)OCc1cc2ccccc2c2c1sc1c3ccccc3ccc12. The van der Waals surface area contributed by atoms with E-state index in [1.165, 1.54) is 42.4 Å². The Balaban J connectivity index is 1.90. The van der Waals surface area contributed by atoms with Gasteiger partial charge in [0.05, 0.1) is 0 Å². The molecule has 0 aliphatic carbocycles. The topological polar surface area (TPSA) is 26.3 Å². The van der Waals surface area contributed by atoms with Crippen LogP contribution in [0.2, 0.25) is 0 Å². The van der Waals surface area contributed by atoms with Crippen molar-refractivity contribution in [3.63, 3.8) is 0 Å². The van der Waals surface area contributed by atoms with Crippen LogP contribution < -0.4 is 0 Å². The molecular formula is C24H16O2S. The highest BCUT2D eigenvalue weighted by molar-refractivity contribution is 7.27. The van der Waals surface area contributed by atoms with Crippen LogP contribution in [-0.2, 0) is 16.1 Å². The van der Waals surface area contributed by atoms with E-state index in [2.05, 4.69) is 67.2 Å². The molecule has 0 radical (unpaired) electrons. The molecule has 5 aromatic rings. The summed E-state index contributed by atoms with van der Waals surface area (Å²) in [5.41, 5.74) is 1.03. The molecule has 1 aromatic heterocycles. The second-order valence-corrected chi connectivity index (χ2v) is 7.56. The number of esters is 1. The summed E-state index contributed by atoms with van der Waals surface area (Å²) >= 11 is 1.77. The number of ether oxygens (including phenoxy) is 1. The van der Waals surface area contributed by atoms with Crippen molar-refractivity contribution in [3.05, 3.63) is 84.9 Å². The second kappa shape index (κ2) is 6.22. The molecule has 0 saturated carbocycles. The van der Waals surface area contributed by atoms with Crippen molar-refractivity contribution in [2.24, 2.45) is 0 Å². The monoisotopic (exact) mass is 368 g/mol. The Hall–Kier alpha value is -3.17. The minimum absolute atomic E-state index is 0.247. The largest absolute Gasteiger partial charge is 0.458 e. The number of hydrogen-bond donors (Lipinski definition) is 0. The van der Waals surface area contributed by atoms with Crippen molar-refractivity contribution in [1.29, 1.82) is 0 Å². The fourth-order valence-corrected chi connectivity index (χ4v) is 5.09. The minimum atomic E-state index is -0.400. The van der Waals surface area contributed by atoms with Gasteiger partial charge in [0, 0.05) is 31.8 Å². The molecule has 130 valence electrons. The van der Waals surface area contributed by atoms with Gasteiger partial charge in [-0.2, -0.15) is 0 Å². The molecule has 2 nitrogen and oxygen atoms in total. The number of thiophene rings is 1. The van der Waals surface area contributed by atoms with E-state index in [-0.39, 0.29) is 6.61 Å². The predicted octanol–water partition coefficient (Wildman–Crippen LogP) is 6.59. The molecule has 5 rings (SSSR count). The van der Waals surface area contributed by atoms with E-state index in [0.29, 0.717) is 0 Å². The Morgan fingerprint density at radius 1 is 0.889 bits per heavy atom. The molecule has 0 aliphatic rings. The number of benzene rings is 4. The molecule has 27 heavy (non-hydrogen) atoms. The Morgan fingerprint density at radius 3 is 2.44 bits per heavy atom. The molecule has 0 amide bonds. The van der Waals surface area contributed by atoms with E-state index in [0.717, 1.165) is 10.9 Å². The summed E-state index contributed by atoms with van der Waals surface area (Å²) in [5.74, 6) is -0.400. The fraction of sp³-hybridized carbons (Fsp3) is 0.0417. The summed E-state index contributed by atoms with van der Waals surface area (Å²) in [6, 6.07) is 23.4. The van der Waals surface area contributed by atoms with Crippen molar-refractivity contribution in [1.82, 2.24) is 0 Å². The zero-order valence-electron chi connectivity index (χ0n) is 14.6. The number of fused-ring (bicyclic) bond motifs is 7. The number of carbonyl (C=O) groups excluding carboxylic acids is 1. The molecule has 0 bridgehead atoms. The van der Waals surface area contributed by atoms with Crippen molar-refractivity contribution >= 4 is 59.0 Å². The first kappa shape index (κ1) is 16.0. The van der Waals surface area contributed by atoms with Crippen molar-refractivity contribution in [3.8, 4) is 0 Å². The number of rotatable bonds is 3. The highest BCUT2D eigenvalue weighted by Gasteiger charge is 2.15. The van der Waals surface area contributed by atoms with Crippen molar-refractivity contribution in [2.75, 3.05) is 0 Å². The standard InChI is InChI=1S/C24H16O2S/c1-2-21(25)26-14-17-13-16-8-4-5-9-18(16)22-20-12-11-15-7-3-6-10-19(15)24(20)27-23(17)22/h2-13H,1,14H2. The number of carbonyl (C=O) groups is 1. The van der Waals surface area contributed by atoms with E-state index in [1.54, 1.807) is 11.3 Å². The van der Waals surface area contributed by atoms with Crippen LogP contribution in [-0.4, -0.2) is 5.97 Å². The average molecular weight is 368 g/mol. The lowest BCUT2D eigenvalue weighted by Gasteiger charge is -2.08. The molecule has 0 N–H and O–H groups in total. The quantitative estimate of drug-likeness (QED) is 0.265. The van der Waals surface area contributed by atoms with E-state index in [1.807, 2.05) is 6.07 Å². The molecule has 0 saturated heterocycles. The van der Waals surface area contributed by atoms with E-state index in [4.69, 9.17) is 4.74 Å². The lowest BCUT2D eigenvalue weighted by Crippen LogP contribution is -2.00. The fourth-order valence-electron chi connectivity index (χ4n) is 3.74. The summed E-state index contributed by atoms with van der Waals surface area (Å²) in [6.45, 7) is 3.73. The highest BCUT2D eigenvalue weighted by atomic mass is 32.1. The highest BCUT2D eigenvalue weighted by Crippen LogP contribution is 2.43. The molecule has 0 unspecified atom stereocenters. The Bertz CT molecular complexity index is 1360. The van der Waals surface area contributed by atoms with Gasteiger partial charge in [-0.3, -0.25) is 0 Å². The first-order valence-corrected chi connectivity index (χ1v) is 9.61. The van der Waals surface area contributed by atoms with Crippen LogP contribution in [0, 0.1) is 0 Å². The minimum Gasteiger partial charge on any atom is -0.458 e. The molecular weight excluding hydrogens is 352 g/mol. The summed E-state index contributed by atoms with van der Waals surface area (Å²) < 4.78 is 7.82. The first-order chi connectivity index (χ1) is 13.3. The summed E-state index contributed by atoms with van der Waals surface area (Å²) in [7, 11) is 0. The van der Waals surface area contributed by atoms with Gasteiger partial charge in [-0.05, 0) is 27.6 Å². The average Bonchev–Trinajstić information content (AvgIpc) is 3.12. The third-order valence-corrected chi connectivity index (χ3v) is 6.28. The van der Waals surface area contributed by atoms with Gasteiger partial charge in [-0.25, -0.2) is 4.79 Å². The lowest BCUT2D eigenvalue weighted by atomic mass is 9.99. The predicted molar refractivity (Wildman–Crippen MR) is 114 cm³/mol. The molecule has 0 aliphatic heterocycles. The van der Waals surface area contributed by atoms with Gasteiger partial charge in [0.1, 0.15) is 6.61 Å². The van der Waals surface area contributed by atoms with Gasteiger partial charge in [-0.15, -0.1) is 11.3 Å². The lowest BCUT2D eigenvalue weighted by molar-refractivity contribution is -0.138. The van der Waals surface area contributed by atoms with Crippen LogP contribution in [0.25, 0.3) is 41.7 Å². The van der Waals surface area contributed by atoms with Crippen LogP contribution in [0.1, 0.15) is 5.56 Å². The van der Waals surface area contributed by atoms with Crippen LogP contribution in [0.4, 0.5) is 0 Å². The second-order valence-electron chi connectivity index (χ2n) is 6.54. The molecule has 0 spiro atoms. The third-order valence-electron chi connectivity index (χ3n) is 4.97. The van der Waals surface area contributed by atoms with Gasteiger partial charge < -0.3 is 4.74 Å². The summed E-state index contributed by atoms with van der Waals surface area (Å²) in [4.78, 5) is 11.6. The van der Waals surface area contributed by atoms with E-state index >= 15 is 0 Å². The Kier molecular flexibility index (Phi) is 3.69. The molecule has 1 heterocycles. The van der Waals surface area contributed by atoms with Crippen molar-refractivity contribution in [2.45, 2.75) is 6.61 Å². The maximum absolute atomic E-state index is 11.6. The van der Waals surface area contributed by atoms with Crippen molar-refractivity contribution < 1.29 is 9.53 Å². The normalized spacial score (nSPS) is 11.4. The van der Waals surface area contributed by atoms with Gasteiger partial charge in [0.2, 0.25) is 0 Å². The van der Waals surface area contributed by atoms with Gasteiger partial charge in [0.25, 0.3) is 0 Å². The van der Waals surface area contributed by atoms with Gasteiger partial charge >= 0.3 is 5.97 Å². The van der Waals surface area contributed by atoms with Gasteiger partial charge in [-0.1, -0.05) is 67.2 Å². The summed E-state index contributed by atoms with van der Waals surface area (Å²) in [5, 5.41) is 7.37. The molecule has 4 aromatic carbocycles. The maximum atomic E-state index is 11.6. The maximum Gasteiger partial charge on any atom is 0.330 e. The van der Waals surface area contributed by atoms with Crippen LogP contribution in [0.5, 0.6) is 0 Å². The van der Waals surface area contributed by atoms with Crippen LogP contribution in [0.3, 0.4) is 0 Å². The van der Waals surface area contributed by atoms with Crippen LogP contribution in [0.15, 0.2) is 79.4 Å². The molecule has 3 heteroatoms. The molecule has 0 atom stereocenters. The summed E-state index contributed by atoms with van der Waals surface area (Å²) in [6.07, 6.45) is 1.21. The molecule has 0 fully saturated rings. The first-order valence-electron chi connectivity index (χ1n) is 8.80. The Morgan fingerprint density at radius 2 is 1.63 bits per heavy atom. The Labute approximate surface area is 160 Å². The number of hydrogen-bond acceptors (Lipinski definition) is 3. The van der Waals surface area contributed by atoms with E-state index < -0.39 is 5.97 Å². The third kappa shape index (κ3) is 2.51. The van der Waals surface area contributed by atoms with Crippen LogP contribution >= 0.6 is 11.3 Å². The van der Waals surface area contributed by atoms with E-state index in [9.17, 15) is 4.79 Å². The zero-order chi connectivity index (χ0) is 18.4. The van der Waals surface area contributed by atoms with Gasteiger partial charge in [0.15, 0.2) is 0 Å². The zero-order valence-corrected chi connectivity index (χ0v) is 15.4. The smallest absolute Gasteiger partial charge is 0.330 e.